The molecule has 0 heterocycles. The van der Waals surface area contributed by atoms with Crippen LogP contribution in [0.5, 0.6) is 0 Å². The molecule has 0 aromatic heterocycles. The standard InChI is InChI=1S/C30H33F2N3O4S/c1-2-28(30(37)33-25-8-6-7-9-25)34(20-22-12-14-23(31)15-13-22)29(36)21-35(26-10-4-3-5-11-26)40(38,39)27-18-16-24(32)17-19-27/h3-5,10-19,25,28H,2,6-9,20-21H2,1H3,(H,33,37)/t28-/m0/s1. The van der Waals surface area contributed by atoms with Crippen LogP contribution in [0.2, 0.25) is 0 Å². The van der Waals surface area contributed by atoms with Crippen molar-refractivity contribution in [2.75, 3.05) is 10.8 Å². The number of nitrogens with zero attached hydrogens (tertiary/aromatic N) is 2. The summed E-state index contributed by atoms with van der Waals surface area (Å²) in [4.78, 5) is 28.5. The Bertz CT molecular complexity index is 1400. The topological polar surface area (TPSA) is 86.8 Å². The molecular weight excluding hydrogens is 536 g/mol. The summed E-state index contributed by atoms with van der Waals surface area (Å²) in [5.74, 6) is -1.94. The molecule has 2 amide bonds. The molecule has 1 N–H and O–H groups in total. The van der Waals surface area contributed by atoms with Crippen LogP contribution in [-0.4, -0.2) is 43.8 Å². The van der Waals surface area contributed by atoms with E-state index in [0.717, 1.165) is 54.3 Å². The Morgan fingerprint density at radius 1 is 0.900 bits per heavy atom. The van der Waals surface area contributed by atoms with Gasteiger partial charge in [-0.05, 0) is 73.4 Å². The largest absolute Gasteiger partial charge is 0.352 e. The molecule has 3 aromatic rings. The third-order valence-electron chi connectivity index (χ3n) is 7.08. The number of anilines is 1. The summed E-state index contributed by atoms with van der Waals surface area (Å²) in [5.41, 5.74) is 0.833. The highest BCUT2D eigenvalue weighted by molar-refractivity contribution is 7.92. The van der Waals surface area contributed by atoms with E-state index in [4.69, 9.17) is 0 Å². The summed E-state index contributed by atoms with van der Waals surface area (Å²) in [6, 6.07) is 17.3. The first-order valence-corrected chi connectivity index (χ1v) is 14.8. The number of rotatable bonds is 11. The molecule has 1 aliphatic rings. The van der Waals surface area contributed by atoms with Gasteiger partial charge in [0, 0.05) is 12.6 Å². The van der Waals surface area contributed by atoms with Crippen LogP contribution in [0.15, 0.2) is 83.8 Å². The van der Waals surface area contributed by atoms with Crippen molar-refractivity contribution in [2.24, 2.45) is 0 Å². The summed E-state index contributed by atoms with van der Waals surface area (Å²) in [6.45, 7) is 1.17. The molecule has 0 aliphatic heterocycles. The number of benzene rings is 3. The van der Waals surface area contributed by atoms with Crippen LogP contribution >= 0.6 is 0 Å². The minimum absolute atomic E-state index is 0.0189. The van der Waals surface area contributed by atoms with E-state index in [0.29, 0.717) is 12.0 Å². The Morgan fingerprint density at radius 2 is 1.48 bits per heavy atom. The highest BCUT2D eigenvalue weighted by Crippen LogP contribution is 2.25. The van der Waals surface area contributed by atoms with E-state index in [-0.39, 0.29) is 29.1 Å². The minimum atomic E-state index is -4.28. The lowest BCUT2D eigenvalue weighted by atomic mass is 10.1. The summed E-state index contributed by atoms with van der Waals surface area (Å²) >= 11 is 0. The molecule has 10 heteroatoms. The maximum absolute atomic E-state index is 14.0. The number of sulfonamides is 1. The van der Waals surface area contributed by atoms with Crippen molar-refractivity contribution < 1.29 is 26.8 Å². The number of para-hydroxylation sites is 1. The first-order chi connectivity index (χ1) is 19.2. The quantitative estimate of drug-likeness (QED) is 0.351. The number of amides is 2. The number of hydrogen-bond acceptors (Lipinski definition) is 4. The number of hydrogen-bond donors (Lipinski definition) is 1. The van der Waals surface area contributed by atoms with Crippen LogP contribution in [0, 0.1) is 11.6 Å². The Labute approximate surface area is 233 Å². The van der Waals surface area contributed by atoms with E-state index in [9.17, 15) is 26.8 Å². The summed E-state index contributed by atoms with van der Waals surface area (Å²) in [5, 5.41) is 3.05. The molecule has 3 aromatic carbocycles. The van der Waals surface area contributed by atoms with Gasteiger partial charge in [0.25, 0.3) is 10.0 Å². The van der Waals surface area contributed by atoms with E-state index in [2.05, 4.69) is 5.32 Å². The van der Waals surface area contributed by atoms with Gasteiger partial charge in [-0.2, -0.15) is 0 Å². The molecule has 1 atom stereocenters. The van der Waals surface area contributed by atoms with E-state index in [1.54, 1.807) is 37.3 Å². The molecule has 0 spiro atoms. The SMILES string of the molecule is CC[C@@H](C(=O)NC1CCCC1)N(Cc1ccc(F)cc1)C(=O)CN(c1ccccc1)S(=O)(=O)c1ccc(F)cc1. The van der Waals surface area contributed by atoms with Gasteiger partial charge in [0.15, 0.2) is 0 Å². The fourth-order valence-corrected chi connectivity index (χ4v) is 6.34. The van der Waals surface area contributed by atoms with Gasteiger partial charge in [-0.15, -0.1) is 0 Å². The van der Waals surface area contributed by atoms with Gasteiger partial charge in [0.1, 0.15) is 24.2 Å². The fourth-order valence-electron chi connectivity index (χ4n) is 4.93. The zero-order chi connectivity index (χ0) is 28.7. The molecule has 1 fully saturated rings. The Morgan fingerprint density at radius 3 is 2.05 bits per heavy atom. The maximum atomic E-state index is 14.0. The Kier molecular flexibility index (Phi) is 9.52. The van der Waals surface area contributed by atoms with Gasteiger partial charge >= 0.3 is 0 Å². The third-order valence-corrected chi connectivity index (χ3v) is 8.87. The van der Waals surface area contributed by atoms with Gasteiger partial charge in [0.05, 0.1) is 10.6 Å². The second-order valence-corrected chi connectivity index (χ2v) is 11.7. The van der Waals surface area contributed by atoms with E-state index < -0.39 is 40.2 Å². The van der Waals surface area contributed by atoms with Crippen molar-refractivity contribution in [3.05, 3.63) is 96.1 Å². The van der Waals surface area contributed by atoms with E-state index in [1.165, 1.54) is 29.2 Å². The molecule has 1 saturated carbocycles. The predicted molar refractivity (Wildman–Crippen MR) is 149 cm³/mol. The van der Waals surface area contributed by atoms with Gasteiger partial charge < -0.3 is 10.2 Å². The molecule has 4 rings (SSSR count). The van der Waals surface area contributed by atoms with Crippen molar-refractivity contribution in [1.82, 2.24) is 10.2 Å². The third kappa shape index (κ3) is 7.04. The van der Waals surface area contributed by atoms with E-state index >= 15 is 0 Å². The molecule has 7 nitrogen and oxygen atoms in total. The normalized spacial score (nSPS) is 14.5. The van der Waals surface area contributed by atoms with E-state index in [1.807, 2.05) is 0 Å². The van der Waals surface area contributed by atoms with Gasteiger partial charge in [-0.3, -0.25) is 13.9 Å². The Hall–Kier alpha value is -3.79. The summed E-state index contributed by atoms with van der Waals surface area (Å²) in [6.07, 6.45) is 4.07. The van der Waals surface area contributed by atoms with Crippen molar-refractivity contribution in [3.63, 3.8) is 0 Å². The zero-order valence-corrected chi connectivity index (χ0v) is 23.1. The average molecular weight is 570 g/mol. The van der Waals surface area contributed by atoms with Crippen molar-refractivity contribution in [3.8, 4) is 0 Å². The molecule has 0 unspecified atom stereocenters. The predicted octanol–water partition coefficient (Wildman–Crippen LogP) is 5.03. The molecule has 0 bridgehead atoms. The van der Waals surface area contributed by atoms with Crippen molar-refractivity contribution in [1.29, 1.82) is 0 Å². The first-order valence-electron chi connectivity index (χ1n) is 13.4. The van der Waals surface area contributed by atoms with Gasteiger partial charge in [0.2, 0.25) is 11.8 Å². The minimum Gasteiger partial charge on any atom is -0.352 e. The second kappa shape index (κ2) is 13.0. The number of carbonyl (C=O) groups excluding carboxylic acids is 2. The lowest BCUT2D eigenvalue weighted by Gasteiger charge is -2.33. The van der Waals surface area contributed by atoms with Crippen molar-refractivity contribution >= 4 is 27.5 Å². The average Bonchev–Trinajstić information content (AvgIpc) is 3.46. The smallest absolute Gasteiger partial charge is 0.264 e. The highest BCUT2D eigenvalue weighted by Gasteiger charge is 2.34. The monoisotopic (exact) mass is 569 g/mol. The maximum Gasteiger partial charge on any atom is 0.264 e. The zero-order valence-electron chi connectivity index (χ0n) is 22.3. The van der Waals surface area contributed by atoms with Crippen LogP contribution in [0.1, 0.15) is 44.6 Å². The van der Waals surface area contributed by atoms with Crippen LogP contribution in [-0.2, 0) is 26.2 Å². The molecule has 0 saturated heterocycles. The fraction of sp³-hybridized carbons (Fsp3) is 0.333. The lowest BCUT2D eigenvalue weighted by molar-refractivity contribution is -0.140. The summed E-state index contributed by atoms with van der Waals surface area (Å²) in [7, 11) is -4.28. The number of carbonyl (C=O) groups is 2. The first kappa shape index (κ1) is 29.2. The Balaban J connectivity index is 1.68. The lowest BCUT2D eigenvalue weighted by Crippen LogP contribution is -2.53. The van der Waals surface area contributed by atoms with Gasteiger partial charge in [-0.1, -0.05) is 50.1 Å². The second-order valence-electron chi connectivity index (χ2n) is 9.86. The van der Waals surface area contributed by atoms with Crippen LogP contribution in [0.25, 0.3) is 0 Å². The molecule has 1 aliphatic carbocycles. The van der Waals surface area contributed by atoms with Crippen LogP contribution < -0.4 is 9.62 Å². The summed E-state index contributed by atoms with van der Waals surface area (Å²) < 4.78 is 55.6. The molecule has 212 valence electrons. The highest BCUT2D eigenvalue weighted by atomic mass is 32.2. The van der Waals surface area contributed by atoms with Crippen LogP contribution in [0.3, 0.4) is 0 Å². The van der Waals surface area contributed by atoms with Crippen LogP contribution in [0.4, 0.5) is 14.5 Å². The van der Waals surface area contributed by atoms with Gasteiger partial charge in [-0.25, -0.2) is 17.2 Å². The van der Waals surface area contributed by atoms with Crippen molar-refractivity contribution in [2.45, 2.75) is 62.6 Å². The number of nitrogens with one attached hydrogen (secondary N) is 1. The number of halogens is 2. The molecular formula is C30H33F2N3O4S. The molecule has 40 heavy (non-hydrogen) atoms. The molecule has 0 radical (unpaired) electrons.